The van der Waals surface area contributed by atoms with E-state index in [1.54, 1.807) is 0 Å². The number of sulfonamides is 1. The van der Waals surface area contributed by atoms with Crippen LogP contribution in [0.1, 0.15) is 6.92 Å². The molecule has 0 atom stereocenters. The fraction of sp³-hybridized carbons (Fsp3) is 0.250. The van der Waals surface area contributed by atoms with E-state index in [9.17, 15) is 17.2 Å². The topological polar surface area (TPSA) is 72.2 Å². The molecular weight excluding hydrogens is 226 g/mol. The highest BCUT2D eigenvalue weighted by Gasteiger charge is 2.13. The lowest BCUT2D eigenvalue weighted by molar-refractivity contribution is 0.585. The molecule has 0 saturated heterocycles. The van der Waals surface area contributed by atoms with Gasteiger partial charge in [-0.15, -0.1) is 0 Å². The van der Waals surface area contributed by atoms with Gasteiger partial charge in [0.1, 0.15) is 11.6 Å². The summed E-state index contributed by atoms with van der Waals surface area (Å²) in [6, 6.07) is 1.43. The van der Waals surface area contributed by atoms with Crippen LogP contribution in [0.15, 0.2) is 12.1 Å². The Morgan fingerprint density at radius 2 is 1.93 bits per heavy atom. The largest absolute Gasteiger partial charge is 0.396 e. The third-order valence-corrected chi connectivity index (χ3v) is 3.02. The van der Waals surface area contributed by atoms with Crippen LogP contribution in [0.5, 0.6) is 0 Å². The number of nitrogen functional groups attached to an aromatic ring is 1. The van der Waals surface area contributed by atoms with Crippen molar-refractivity contribution < 1.29 is 17.2 Å². The predicted molar refractivity (Wildman–Crippen MR) is 53.9 cm³/mol. The van der Waals surface area contributed by atoms with Gasteiger partial charge in [0, 0.05) is 6.07 Å². The standard InChI is InChI=1S/C8H10F2N2O2S/c1-2-15(13,14)12-8-4-7(11)5(9)3-6(8)10/h3-4,12H,2,11H2,1H3. The summed E-state index contributed by atoms with van der Waals surface area (Å²) in [6.07, 6.45) is 0. The minimum absolute atomic E-state index is 0.205. The molecule has 4 nitrogen and oxygen atoms in total. The molecule has 0 unspecified atom stereocenters. The number of nitrogens with two attached hydrogens (primary N) is 1. The van der Waals surface area contributed by atoms with Crippen molar-refractivity contribution in [1.82, 2.24) is 0 Å². The van der Waals surface area contributed by atoms with E-state index >= 15 is 0 Å². The van der Waals surface area contributed by atoms with Gasteiger partial charge in [-0.05, 0) is 13.0 Å². The molecule has 84 valence electrons. The first-order chi connectivity index (χ1) is 6.85. The Labute approximate surface area is 86.1 Å². The van der Waals surface area contributed by atoms with Gasteiger partial charge in [0.05, 0.1) is 17.1 Å². The highest BCUT2D eigenvalue weighted by Crippen LogP contribution is 2.21. The molecule has 0 heterocycles. The van der Waals surface area contributed by atoms with Gasteiger partial charge in [0.2, 0.25) is 10.0 Å². The van der Waals surface area contributed by atoms with Gasteiger partial charge in [-0.1, -0.05) is 0 Å². The number of halogens is 2. The lowest BCUT2D eigenvalue weighted by atomic mass is 10.2. The molecule has 1 aromatic rings. The van der Waals surface area contributed by atoms with Crippen molar-refractivity contribution in [1.29, 1.82) is 0 Å². The van der Waals surface area contributed by atoms with Crippen LogP contribution < -0.4 is 10.5 Å². The zero-order chi connectivity index (χ0) is 11.6. The van der Waals surface area contributed by atoms with Gasteiger partial charge in [-0.25, -0.2) is 17.2 Å². The Morgan fingerprint density at radius 3 is 2.47 bits per heavy atom. The van der Waals surface area contributed by atoms with Crippen molar-refractivity contribution in [2.75, 3.05) is 16.2 Å². The second kappa shape index (κ2) is 4.01. The summed E-state index contributed by atoms with van der Waals surface area (Å²) in [7, 11) is -3.59. The van der Waals surface area contributed by atoms with Crippen LogP contribution in [0.3, 0.4) is 0 Å². The molecule has 0 amide bonds. The molecule has 0 spiro atoms. The molecule has 0 bridgehead atoms. The Hall–Kier alpha value is -1.37. The summed E-state index contributed by atoms with van der Waals surface area (Å²) < 4.78 is 50.0. The second-order valence-corrected chi connectivity index (χ2v) is 4.87. The highest BCUT2D eigenvalue weighted by atomic mass is 32.2. The normalized spacial score (nSPS) is 11.4. The van der Waals surface area contributed by atoms with Crippen LogP contribution in [0, 0.1) is 11.6 Å². The fourth-order valence-electron chi connectivity index (χ4n) is 0.884. The fourth-order valence-corrected chi connectivity index (χ4v) is 1.52. The molecule has 1 rings (SSSR count). The van der Waals surface area contributed by atoms with Gasteiger partial charge >= 0.3 is 0 Å². The van der Waals surface area contributed by atoms with Crippen LogP contribution >= 0.6 is 0 Å². The molecule has 1 aromatic carbocycles. The van der Waals surface area contributed by atoms with Crippen molar-refractivity contribution in [3.05, 3.63) is 23.8 Å². The smallest absolute Gasteiger partial charge is 0.232 e. The SMILES string of the molecule is CCS(=O)(=O)Nc1cc(N)c(F)cc1F. The maximum Gasteiger partial charge on any atom is 0.232 e. The minimum atomic E-state index is -3.59. The Kier molecular flexibility index (Phi) is 3.13. The van der Waals surface area contributed by atoms with E-state index in [4.69, 9.17) is 5.73 Å². The van der Waals surface area contributed by atoms with E-state index < -0.39 is 21.7 Å². The predicted octanol–water partition coefficient (Wildman–Crippen LogP) is 1.31. The molecule has 0 aliphatic carbocycles. The zero-order valence-electron chi connectivity index (χ0n) is 7.92. The van der Waals surface area contributed by atoms with Crippen molar-refractivity contribution >= 4 is 21.4 Å². The van der Waals surface area contributed by atoms with Gasteiger partial charge in [0.15, 0.2) is 0 Å². The lowest BCUT2D eigenvalue weighted by Gasteiger charge is -2.08. The van der Waals surface area contributed by atoms with E-state index in [1.165, 1.54) is 6.92 Å². The average Bonchev–Trinajstić information content (AvgIpc) is 2.14. The molecule has 0 saturated carbocycles. The first-order valence-electron chi connectivity index (χ1n) is 4.10. The molecule has 0 aliphatic rings. The molecule has 3 N–H and O–H groups in total. The van der Waals surface area contributed by atoms with E-state index in [0.29, 0.717) is 6.07 Å². The third-order valence-electron chi connectivity index (χ3n) is 1.73. The Morgan fingerprint density at radius 1 is 1.33 bits per heavy atom. The number of hydrogen-bond donors (Lipinski definition) is 2. The third kappa shape index (κ3) is 2.79. The zero-order valence-corrected chi connectivity index (χ0v) is 8.74. The van der Waals surface area contributed by atoms with Gasteiger partial charge in [-0.2, -0.15) is 0 Å². The summed E-state index contributed by atoms with van der Waals surface area (Å²) in [5.41, 5.74) is 4.51. The van der Waals surface area contributed by atoms with Gasteiger partial charge in [0.25, 0.3) is 0 Å². The second-order valence-electron chi connectivity index (χ2n) is 2.86. The van der Waals surface area contributed by atoms with Crippen molar-refractivity contribution in [2.24, 2.45) is 0 Å². The van der Waals surface area contributed by atoms with Crippen molar-refractivity contribution in [2.45, 2.75) is 6.92 Å². The van der Waals surface area contributed by atoms with Crippen LogP contribution in [0.2, 0.25) is 0 Å². The Balaban J connectivity index is 3.12. The summed E-state index contributed by atoms with van der Waals surface area (Å²) in [5, 5.41) is 0. The first kappa shape index (κ1) is 11.7. The molecule has 0 radical (unpaired) electrons. The van der Waals surface area contributed by atoms with Crippen LogP contribution in [0.25, 0.3) is 0 Å². The highest BCUT2D eigenvalue weighted by molar-refractivity contribution is 7.92. The van der Waals surface area contributed by atoms with Crippen molar-refractivity contribution in [3.63, 3.8) is 0 Å². The maximum absolute atomic E-state index is 13.1. The number of hydrogen-bond acceptors (Lipinski definition) is 3. The first-order valence-corrected chi connectivity index (χ1v) is 5.76. The van der Waals surface area contributed by atoms with E-state index in [1.807, 2.05) is 4.72 Å². The van der Waals surface area contributed by atoms with E-state index in [2.05, 4.69) is 0 Å². The monoisotopic (exact) mass is 236 g/mol. The summed E-state index contributed by atoms with van der Waals surface area (Å²) in [6.45, 7) is 1.40. The van der Waals surface area contributed by atoms with Crippen LogP contribution in [0.4, 0.5) is 20.2 Å². The molecule has 7 heteroatoms. The molecule has 0 aromatic heterocycles. The molecule has 0 aliphatic heterocycles. The number of rotatable bonds is 3. The quantitative estimate of drug-likeness (QED) is 0.777. The average molecular weight is 236 g/mol. The van der Waals surface area contributed by atoms with Crippen LogP contribution in [-0.2, 0) is 10.0 Å². The number of anilines is 2. The maximum atomic E-state index is 13.1. The minimum Gasteiger partial charge on any atom is -0.396 e. The lowest BCUT2D eigenvalue weighted by Crippen LogP contribution is -2.16. The Bertz CT molecular complexity index is 474. The molecule has 15 heavy (non-hydrogen) atoms. The summed E-state index contributed by atoms with van der Waals surface area (Å²) in [4.78, 5) is 0. The van der Waals surface area contributed by atoms with Crippen LogP contribution in [-0.4, -0.2) is 14.2 Å². The van der Waals surface area contributed by atoms with Crippen molar-refractivity contribution in [3.8, 4) is 0 Å². The van der Waals surface area contributed by atoms with Gasteiger partial charge < -0.3 is 5.73 Å². The summed E-state index contributed by atoms with van der Waals surface area (Å²) >= 11 is 0. The molecular formula is C8H10F2N2O2S. The number of nitrogens with one attached hydrogen (secondary N) is 1. The van der Waals surface area contributed by atoms with E-state index in [-0.39, 0.29) is 17.1 Å². The van der Waals surface area contributed by atoms with Gasteiger partial charge in [-0.3, -0.25) is 4.72 Å². The number of benzene rings is 1. The summed E-state index contributed by atoms with van der Waals surface area (Å²) in [5.74, 6) is -2.13. The van der Waals surface area contributed by atoms with E-state index in [0.717, 1.165) is 6.07 Å². The molecule has 0 fully saturated rings.